The minimum absolute atomic E-state index is 0.127. The second kappa shape index (κ2) is 7.87. The molecule has 0 atom stereocenters. The molecule has 0 aromatic carbocycles. The highest BCUT2D eigenvalue weighted by molar-refractivity contribution is 7.99. The lowest BCUT2D eigenvalue weighted by Crippen LogP contribution is -2.50. The van der Waals surface area contributed by atoms with Gasteiger partial charge in [-0.2, -0.15) is 11.8 Å². The summed E-state index contributed by atoms with van der Waals surface area (Å²) in [4.78, 5) is 26.2. The summed E-state index contributed by atoms with van der Waals surface area (Å²) in [6.07, 6.45) is 6.69. The molecule has 6 heteroatoms. The molecule has 0 aromatic rings. The number of ether oxygens (including phenoxy) is 2. The number of esters is 2. The van der Waals surface area contributed by atoms with E-state index in [2.05, 4.69) is 4.90 Å². The van der Waals surface area contributed by atoms with E-state index < -0.39 is 0 Å². The molecular formula is C19H29NO4S. The zero-order valence-electron chi connectivity index (χ0n) is 14.9. The molecule has 5 fully saturated rings. The molecule has 0 unspecified atom stereocenters. The Kier molecular flexibility index (Phi) is 5.56. The Hall–Kier alpha value is -0.750. The normalized spacial score (nSPS) is 37.0. The van der Waals surface area contributed by atoms with Gasteiger partial charge in [-0.05, 0) is 55.8 Å². The standard InChI is InChI=1S/C19H29NO4S/c21-17(1-4-23-18(22)12-20-2-5-25-6-3-20)24-19-15-8-13-7-14(10-15)11-16(19)9-13/h13-16,19H,1-12H2. The van der Waals surface area contributed by atoms with E-state index in [1.807, 2.05) is 11.8 Å². The van der Waals surface area contributed by atoms with Crippen molar-refractivity contribution in [1.82, 2.24) is 4.90 Å². The predicted octanol–water partition coefficient (Wildman–Crippen LogP) is 2.34. The predicted molar refractivity (Wildman–Crippen MR) is 96.3 cm³/mol. The first kappa shape index (κ1) is 17.7. The summed E-state index contributed by atoms with van der Waals surface area (Å²) >= 11 is 1.92. The van der Waals surface area contributed by atoms with Crippen molar-refractivity contribution >= 4 is 23.7 Å². The van der Waals surface area contributed by atoms with E-state index in [-0.39, 0.29) is 31.1 Å². The van der Waals surface area contributed by atoms with E-state index in [9.17, 15) is 9.59 Å². The topological polar surface area (TPSA) is 55.8 Å². The average molecular weight is 368 g/mol. The summed E-state index contributed by atoms with van der Waals surface area (Å²) in [7, 11) is 0. The maximum atomic E-state index is 12.2. The SMILES string of the molecule is O=C(CN1CCSCC1)OCCC(=O)OC1C2CC3CC(C2)CC1C3. The van der Waals surface area contributed by atoms with Crippen LogP contribution in [0.1, 0.15) is 38.5 Å². The van der Waals surface area contributed by atoms with E-state index in [1.165, 1.54) is 32.1 Å². The minimum atomic E-state index is -0.227. The first-order valence-corrected chi connectivity index (χ1v) is 11.0. The van der Waals surface area contributed by atoms with E-state index >= 15 is 0 Å². The maximum Gasteiger partial charge on any atom is 0.320 e. The number of hydrogen-bond acceptors (Lipinski definition) is 6. The Labute approximate surface area is 154 Å². The van der Waals surface area contributed by atoms with Crippen molar-refractivity contribution in [1.29, 1.82) is 0 Å². The molecule has 5 aliphatic rings. The zero-order valence-corrected chi connectivity index (χ0v) is 15.7. The molecule has 4 bridgehead atoms. The van der Waals surface area contributed by atoms with Gasteiger partial charge in [0.2, 0.25) is 0 Å². The van der Waals surface area contributed by atoms with Gasteiger partial charge in [0.15, 0.2) is 0 Å². The molecule has 5 rings (SSSR count). The Bertz CT molecular complexity index is 478. The third-order valence-electron chi connectivity index (χ3n) is 6.43. The van der Waals surface area contributed by atoms with Crippen LogP contribution in [0.5, 0.6) is 0 Å². The first-order valence-electron chi connectivity index (χ1n) is 9.82. The fraction of sp³-hybridized carbons (Fsp3) is 0.895. The number of carbonyl (C=O) groups is 2. The van der Waals surface area contributed by atoms with Gasteiger partial charge in [-0.1, -0.05) is 0 Å². The van der Waals surface area contributed by atoms with Crippen LogP contribution in [0.3, 0.4) is 0 Å². The smallest absolute Gasteiger partial charge is 0.320 e. The van der Waals surface area contributed by atoms with Crippen molar-refractivity contribution < 1.29 is 19.1 Å². The summed E-state index contributed by atoms with van der Waals surface area (Å²) in [5.41, 5.74) is 0. The van der Waals surface area contributed by atoms with Gasteiger partial charge in [0, 0.05) is 24.6 Å². The molecule has 140 valence electrons. The lowest BCUT2D eigenvalue weighted by molar-refractivity contribution is -0.172. The second-order valence-electron chi connectivity index (χ2n) is 8.24. The van der Waals surface area contributed by atoms with Gasteiger partial charge in [0.05, 0.1) is 13.0 Å². The summed E-state index contributed by atoms with van der Waals surface area (Å²) < 4.78 is 11.1. The van der Waals surface area contributed by atoms with Crippen LogP contribution in [-0.2, 0) is 19.1 Å². The van der Waals surface area contributed by atoms with Gasteiger partial charge in [-0.15, -0.1) is 0 Å². The van der Waals surface area contributed by atoms with Crippen molar-refractivity contribution in [3.05, 3.63) is 0 Å². The number of nitrogens with zero attached hydrogens (tertiary/aromatic N) is 1. The molecule has 1 heterocycles. The van der Waals surface area contributed by atoms with Crippen LogP contribution in [0.4, 0.5) is 0 Å². The van der Waals surface area contributed by atoms with Gasteiger partial charge in [0.1, 0.15) is 12.7 Å². The number of carbonyl (C=O) groups excluding carboxylic acids is 2. The minimum Gasteiger partial charge on any atom is -0.464 e. The van der Waals surface area contributed by atoms with Crippen LogP contribution in [-0.4, -0.2) is 60.7 Å². The van der Waals surface area contributed by atoms with Crippen LogP contribution in [0.2, 0.25) is 0 Å². The number of hydrogen-bond donors (Lipinski definition) is 0. The van der Waals surface area contributed by atoms with E-state index in [0.717, 1.165) is 36.4 Å². The fourth-order valence-corrected chi connectivity index (χ4v) is 6.49. The molecule has 5 nitrogen and oxygen atoms in total. The molecule has 1 aliphatic heterocycles. The molecule has 0 radical (unpaired) electrons. The van der Waals surface area contributed by atoms with Crippen molar-refractivity contribution in [2.24, 2.45) is 23.7 Å². The number of rotatable bonds is 6. The van der Waals surface area contributed by atoms with Crippen molar-refractivity contribution in [3.63, 3.8) is 0 Å². The number of thioether (sulfide) groups is 1. The van der Waals surface area contributed by atoms with E-state index in [1.54, 1.807) is 0 Å². The Balaban J connectivity index is 1.15. The maximum absolute atomic E-state index is 12.2. The lowest BCUT2D eigenvalue weighted by Gasteiger charge is -2.53. The summed E-state index contributed by atoms with van der Waals surface area (Å²) in [6.45, 7) is 2.36. The third kappa shape index (κ3) is 4.33. The van der Waals surface area contributed by atoms with E-state index in [4.69, 9.17) is 9.47 Å². The van der Waals surface area contributed by atoms with Gasteiger partial charge < -0.3 is 9.47 Å². The Morgan fingerprint density at radius 1 is 0.920 bits per heavy atom. The van der Waals surface area contributed by atoms with Crippen molar-refractivity contribution in [2.75, 3.05) is 37.7 Å². The molecule has 0 amide bonds. The molecular weight excluding hydrogens is 338 g/mol. The van der Waals surface area contributed by atoms with Crippen LogP contribution in [0.25, 0.3) is 0 Å². The van der Waals surface area contributed by atoms with E-state index in [0.29, 0.717) is 18.4 Å². The van der Waals surface area contributed by atoms with Gasteiger partial charge in [-0.3, -0.25) is 14.5 Å². The van der Waals surface area contributed by atoms with Crippen molar-refractivity contribution in [3.8, 4) is 0 Å². The Morgan fingerprint density at radius 3 is 2.20 bits per heavy atom. The quantitative estimate of drug-likeness (QED) is 0.672. The van der Waals surface area contributed by atoms with Crippen LogP contribution in [0, 0.1) is 23.7 Å². The first-order chi connectivity index (χ1) is 12.2. The van der Waals surface area contributed by atoms with Crippen LogP contribution >= 0.6 is 11.8 Å². The van der Waals surface area contributed by atoms with Gasteiger partial charge >= 0.3 is 11.9 Å². The average Bonchev–Trinajstić information content (AvgIpc) is 2.58. The van der Waals surface area contributed by atoms with Crippen LogP contribution in [0.15, 0.2) is 0 Å². The largest absolute Gasteiger partial charge is 0.464 e. The molecule has 1 saturated heterocycles. The molecule has 25 heavy (non-hydrogen) atoms. The summed E-state index contributed by atoms with van der Waals surface area (Å²) in [5.74, 6) is 4.66. The lowest BCUT2D eigenvalue weighted by atomic mass is 9.55. The molecule has 0 aromatic heterocycles. The molecule has 0 N–H and O–H groups in total. The summed E-state index contributed by atoms with van der Waals surface area (Å²) in [6, 6.07) is 0. The van der Waals surface area contributed by atoms with Crippen molar-refractivity contribution in [2.45, 2.75) is 44.6 Å². The second-order valence-corrected chi connectivity index (χ2v) is 9.47. The summed E-state index contributed by atoms with van der Waals surface area (Å²) in [5, 5.41) is 0. The highest BCUT2D eigenvalue weighted by Gasteiger charge is 2.49. The van der Waals surface area contributed by atoms with Gasteiger partial charge in [-0.25, -0.2) is 0 Å². The molecule has 4 aliphatic carbocycles. The van der Waals surface area contributed by atoms with Gasteiger partial charge in [0.25, 0.3) is 0 Å². The molecule has 4 saturated carbocycles. The monoisotopic (exact) mass is 367 g/mol. The third-order valence-corrected chi connectivity index (χ3v) is 7.38. The van der Waals surface area contributed by atoms with Crippen LogP contribution < -0.4 is 0 Å². The highest BCUT2D eigenvalue weighted by Crippen LogP contribution is 2.54. The molecule has 0 spiro atoms. The zero-order chi connectivity index (χ0) is 17.2. The highest BCUT2D eigenvalue weighted by atomic mass is 32.2. The Morgan fingerprint density at radius 2 is 1.56 bits per heavy atom. The fourth-order valence-electron chi connectivity index (χ4n) is 5.51.